The number of aldehydes is 2. The van der Waals surface area contributed by atoms with Crippen LogP contribution in [-0.4, -0.2) is 46.3 Å². The summed E-state index contributed by atoms with van der Waals surface area (Å²) in [6.07, 6.45) is 11.2. The number of amides is 2. The van der Waals surface area contributed by atoms with Crippen molar-refractivity contribution in [2.75, 3.05) is 0 Å². The average Bonchev–Trinajstić information content (AvgIpc) is 3.74. The van der Waals surface area contributed by atoms with Crippen LogP contribution in [0.4, 0.5) is 0 Å². The van der Waals surface area contributed by atoms with E-state index in [9.17, 15) is 19.2 Å². The molecule has 2 amide bonds. The van der Waals surface area contributed by atoms with E-state index in [2.05, 4.69) is 27.7 Å². The van der Waals surface area contributed by atoms with E-state index < -0.39 is 0 Å². The van der Waals surface area contributed by atoms with Crippen molar-refractivity contribution < 1.29 is 19.2 Å². The van der Waals surface area contributed by atoms with Gasteiger partial charge in [0.2, 0.25) is 0 Å². The zero-order valence-electron chi connectivity index (χ0n) is 24.0. The first-order valence-corrected chi connectivity index (χ1v) is 16.4. The minimum absolute atomic E-state index is 0.0515. The number of rotatable bonds is 16. The Labute approximate surface area is 245 Å². The van der Waals surface area contributed by atoms with E-state index in [1.54, 1.807) is 12.1 Å². The summed E-state index contributed by atoms with van der Waals surface area (Å²) in [6, 6.07) is 7.14. The van der Waals surface area contributed by atoms with Crippen molar-refractivity contribution in [2.24, 2.45) is 0 Å². The second-order valence-electron chi connectivity index (χ2n) is 10.6. The standard InChI is InChI=1S/C32H40N2O4S2/c1-5-9-11-13-21(7-3)33-29(25-17-15-23(19-35)39-25)27-28(31(33)37)30(26-18-16-24(20-36)40-26)34(32(27)38)22(8-4)14-12-10-6-2/h15-22H,5-14H2,1-4H3. The largest absolute Gasteiger partial charge is 0.303 e. The van der Waals surface area contributed by atoms with Gasteiger partial charge in [0.25, 0.3) is 11.8 Å². The second kappa shape index (κ2) is 13.7. The fourth-order valence-electron chi connectivity index (χ4n) is 5.90. The van der Waals surface area contributed by atoms with Crippen LogP contribution in [0, 0.1) is 0 Å². The molecular weight excluding hydrogens is 540 g/mol. The first-order valence-electron chi connectivity index (χ1n) is 14.7. The maximum Gasteiger partial charge on any atom is 0.261 e. The van der Waals surface area contributed by atoms with Gasteiger partial charge in [0.15, 0.2) is 12.6 Å². The molecule has 4 heterocycles. The Morgan fingerprint density at radius 2 is 1.05 bits per heavy atom. The highest BCUT2D eigenvalue weighted by Gasteiger charge is 2.52. The Balaban J connectivity index is 1.94. The van der Waals surface area contributed by atoms with E-state index >= 15 is 0 Å². The summed E-state index contributed by atoms with van der Waals surface area (Å²) in [5, 5.41) is 0. The third-order valence-electron chi connectivity index (χ3n) is 7.98. The maximum atomic E-state index is 14.5. The predicted octanol–water partition coefficient (Wildman–Crippen LogP) is 7.96. The van der Waals surface area contributed by atoms with Gasteiger partial charge in [-0.1, -0.05) is 66.2 Å². The summed E-state index contributed by atoms with van der Waals surface area (Å²) in [4.78, 5) is 58.6. The summed E-state index contributed by atoms with van der Waals surface area (Å²) < 4.78 is 0. The highest BCUT2D eigenvalue weighted by Crippen LogP contribution is 2.51. The lowest BCUT2D eigenvalue weighted by Crippen LogP contribution is -2.39. The van der Waals surface area contributed by atoms with E-state index in [0.29, 0.717) is 32.3 Å². The summed E-state index contributed by atoms with van der Waals surface area (Å²) in [7, 11) is 0. The van der Waals surface area contributed by atoms with Gasteiger partial charge < -0.3 is 9.80 Å². The van der Waals surface area contributed by atoms with E-state index in [1.165, 1.54) is 22.7 Å². The number of fused-ring (bicyclic) bond motifs is 1. The van der Waals surface area contributed by atoms with Crippen molar-refractivity contribution in [3.63, 3.8) is 0 Å². The minimum atomic E-state index is -0.148. The summed E-state index contributed by atoms with van der Waals surface area (Å²) in [5.41, 5.74) is 2.18. The maximum absolute atomic E-state index is 14.5. The van der Waals surface area contributed by atoms with Crippen molar-refractivity contribution in [1.82, 2.24) is 9.80 Å². The summed E-state index contributed by atoms with van der Waals surface area (Å²) in [5.74, 6) is -0.297. The molecule has 0 aliphatic carbocycles. The Bertz CT molecular complexity index is 1220. The molecule has 2 aliphatic heterocycles. The van der Waals surface area contributed by atoms with Crippen LogP contribution in [0.3, 0.4) is 0 Å². The third kappa shape index (κ3) is 5.66. The zero-order chi connectivity index (χ0) is 28.8. The van der Waals surface area contributed by atoms with Crippen LogP contribution in [0.15, 0.2) is 35.4 Å². The molecule has 40 heavy (non-hydrogen) atoms. The first-order chi connectivity index (χ1) is 19.4. The molecule has 6 nitrogen and oxygen atoms in total. The van der Waals surface area contributed by atoms with Crippen molar-refractivity contribution in [3.05, 3.63) is 54.9 Å². The Morgan fingerprint density at radius 1 is 0.650 bits per heavy atom. The van der Waals surface area contributed by atoms with E-state index in [4.69, 9.17) is 0 Å². The minimum Gasteiger partial charge on any atom is -0.303 e. The fourth-order valence-corrected chi connectivity index (χ4v) is 7.64. The van der Waals surface area contributed by atoms with Crippen molar-refractivity contribution in [1.29, 1.82) is 0 Å². The highest BCUT2D eigenvalue weighted by atomic mass is 32.1. The number of carbonyl (C=O) groups excluding carboxylic acids is 4. The van der Waals surface area contributed by atoms with Gasteiger partial charge in [-0.2, -0.15) is 0 Å². The lowest BCUT2D eigenvalue weighted by atomic mass is 10.0. The fraction of sp³-hybridized carbons (Fsp3) is 0.500. The molecule has 8 heteroatoms. The van der Waals surface area contributed by atoms with Gasteiger partial charge in [-0.15, -0.1) is 22.7 Å². The summed E-state index contributed by atoms with van der Waals surface area (Å²) in [6.45, 7) is 8.50. The monoisotopic (exact) mass is 580 g/mol. The summed E-state index contributed by atoms with van der Waals surface area (Å²) >= 11 is 2.65. The average molecular weight is 581 g/mol. The lowest BCUT2D eigenvalue weighted by molar-refractivity contribution is -0.125. The smallest absolute Gasteiger partial charge is 0.261 e. The van der Waals surface area contributed by atoms with Gasteiger partial charge >= 0.3 is 0 Å². The Hall–Kier alpha value is -2.84. The van der Waals surface area contributed by atoms with E-state index in [-0.39, 0.29) is 23.9 Å². The van der Waals surface area contributed by atoms with Crippen LogP contribution in [0.1, 0.15) is 121 Å². The van der Waals surface area contributed by atoms with Gasteiger partial charge in [0, 0.05) is 12.1 Å². The topological polar surface area (TPSA) is 74.8 Å². The molecule has 2 aromatic heterocycles. The first kappa shape index (κ1) is 30.1. The number of hydrogen-bond acceptors (Lipinski definition) is 6. The van der Waals surface area contributed by atoms with Gasteiger partial charge in [-0.25, -0.2) is 0 Å². The Kier molecular flexibility index (Phi) is 10.3. The molecule has 4 rings (SSSR count). The third-order valence-corrected chi connectivity index (χ3v) is 10.0. The lowest BCUT2D eigenvalue weighted by Gasteiger charge is -2.33. The van der Waals surface area contributed by atoms with Crippen molar-refractivity contribution >= 4 is 58.5 Å². The predicted molar refractivity (Wildman–Crippen MR) is 163 cm³/mol. The van der Waals surface area contributed by atoms with E-state index in [1.807, 2.05) is 21.9 Å². The molecular formula is C32H40N2O4S2. The molecule has 2 aliphatic rings. The van der Waals surface area contributed by atoms with Gasteiger partial charge in [-0.3, -0.25) is 19.2 Å². The van der Waals surface area contributed by atoms with Crippen LogP contribution in [0.2, 0.25) is 0 Å². The molecule has 0 N–H and O–H groups in total. The van der Waals surface area contributed by atoms with Crippen molar-refractivity contribution in [2.45, 2.75) is 104 Å². The second-order valence-corrected chi connectivity index (χ2v) is 12.8. The van der Waals surface area contributed by atoms with Gasteiger partial charge in [-0.05, 0) is 49.9 Å². The quantitative estimate of drug-likeness (QED) is 0.149. The molecule has 0 aromatic carbocycles. The Morgan fingerprint density at radius 3 is 1.35 bits per heavy atom. The van der Waals surface area contributed by atoms with Crippen LogP contribution in [0.25, 0.3) is 11.4 Å². The SMILES string of the molecule is CCCCCC(CC)N1C(=O)C2=C(c3ccc(C=O)s3)N(C(CC)CCCCC)C(=O)C2=C1c1ccc(C=O)s1. The van der Waals surface area contributed by atoms with E-state index in [0.717, 1.165) is 86.5 Å². The molecule has 2 aromatic rings. The van der Waals surface area contributed by atoms with Gasteiger partial charge in [0.05, 0.1) is 42.0 Å². The molecule has 2 atom stereocenters. The molecule has 2 unspecified atom stereocenters. The normalized spacial score (nSPS) is 16.8. The van der Waals surface area contributed by atoms with Crippen LogP contribution in [0.5, 0.6) is 0 Å². The zero-order valence-corrected chi connectivity index (χ0v) is 25.7. The molecule has 0 fully saturated rings. The number of carbonyl (C=O) groups is 4. The van der Waals surface area contributed by atoms with Crippen LogP contribution >= 0.6 is 22.7 Å². The highest BCUT2D eigenvalue weighted by molar-refractivity contribution is 7.15. The number of hydrogen-bond donors (Lipinski definition) is 0. The number of unbranched alkanes of at least 4 members (excludes halogenated alkanes) is 4. The van der Waals surface area contributed by atoms with Gasteiger partial charge in [0.1, 0.15) is 0 Å². The molecule has 0 saturated carbocycles. The number of thiophene rings is 2. The van der Waals surface area contributed by atoms with Crippen LogP contribution in [-0.2, 0) is 9.59 Å². The molecule has 0 bridgehead atoms. The molecule has 214 valence electrons. The molecule has 0 saturated heterocycles. The van der Waals surface area contributed by atoms with Crippen LogP contribution < -0.4 is 0 Å². The molecule has 0 spiro atoms. The number of nitrogens with zero attached hydrogens (tertiary/aromatic N) is 2. The van der Waals surface area contributed by atoms with Crippen molar-refractivity contribution in [3.8, 4) is 0 Å². The molecule has 0 radical (unpaired) electrons.